The van der Waals surface area contributed by atoms with Gasteiger partial charge < -0.3 is 19.9 Å². The van der Waals surface area contributed by atoms with E-state index < -0.39 is 11.9 Å². The van der Waals surface area contributed by atoms with E-state index in [2.05, 4.69) is 6.58 Å². The average Bonchev–Trinajstić information content (AvgIpc) is 2.60. The van der Waals surface area contributed by atoms with Gasteiger partial charge in [-0.15, -0.1) is 0 Å². The molecule has 2 N–H and O–H groups in total. The van der Waals surface area contributed by atoms with Crippen LogP contribution in [0, 0.1) is 11.3 Å². The van der Waals surface area contributed by atoms with Crippen molar-refractivity contribution in [3.63, 3.8) is 0 Å². The summed E-state index contributed by atoms with van der Waals surface area (Å²) in [7, 11) is 0. The van der Waals surface area contributed by atoms with Crippen molar-refractivity contribution >= 4 is 5.97 Å². The Bertz CT molecular complexity index is 770. The molecule has 0 bridgehead atoms. The summed E-state index contributed by atoms with van der Waals surface area (Å²) in [4.78, 5) is 12.4. The minimum absolute atomic E-state index is 0.00923. The SMILES string of the molecule is C=CCOc1ccc([C@H]2C(C#N)=C(N)OC(C)=C2C(=O)OCC)cc1. The van der Waals surface area contributed by atoms with E-state index in [-0.39, 0.29) is 23.6 Å². The van der Waals surface area contributed by atoms with Crippen molar-refractivity contribution in [2.45, 2.75) is 19.8 Å². The topological polar surface area (TPSA) is 94.6 Å². The number of ether oxygens (including phenoxy) is 3. The largest absolute Gasteiger partial charge is 0.490 e. The van der Waals surface area contributed by atoms with Gasteiger partial charge in [-0.25, -0.2) is 4.79 Å². The second-order valence-corrected chi connectivity index (χ2v) is 5.28. The lowest BCUT2D eigenvalue weighted by Crippen LogP contribution is -2.25. The predicted molar refractivity (Wildman–Crippen MR) is 92.1 cm³/mol. The second kappa shape index (κ2) is 8.06. The molecular weight excluding hydrogens is 320 g/mol. The summed E-state index contributed by atoms with van der Waals surface area (Å²) in [6, 6.07) is 9.13. The first-order chi connectivity index (χ1) is 12.0. The van der Waals surface area contributed by atoms with Gasteiger partial charge in [-0.2, -0.15) is 5.26 Å². The summed E-state index contributed by atoms with van der Waals surface area (Å²) in [6.45, 7) is 7.55. The van der Waals surface area contributed by atoms with Crippen LogP contribution in [0.2, 0.25) is 0 Å². The third kappa shape index (κ3) is 3.83. The highest BCUT2D eigenvalue weighted by Crippen LogP contribution is 2.39. The van der Waals surface area contributed by atoms with Crippen LogP contribution in [-0.2, 0) is 14.3 Å². The van der Waals surface area contributed by atoms with Gasteiger partial charge in [0.2, 0.25) is 5.88 Å². The smallest absolute Gasteiger partial charge is 0.338 e. The quantitative estimate of drug-likeness (QED) is 0.632. The van der Waals surface area contributed by atoms with Crippen LogP contribution in [0.25, 0.3) is 0 Å². The molecule has 1 atom stereocenters. The number of hydrogen-bond acceptors (Lipinski definition) is 6. The van der Waals surface area contributed by atoms with Crippen LogP contribution in [0.4, 0.5) is 0 Å². The van der Waals surface area contributed by atoms with E-state index in [9.17, 15) is 10.1 Å². The van der Waals surface area contributed by atoms with E-state index in [1.54, 1.807) is 44.2 Å². The molecule has 2 rings (SSSR count). The number of nitrogens with zero attached hydrogens (tertiary/aromatic N) is 1. The molecule has 1 aliphatic rings. The number of carbonyl (C=O) groups excluding carboxylic acids is 1. The highest BCUT2D eigenvalue weighted by atomic mass is 16.5. The standard InChI is InChI=1S/C19H20N2O4/c1-4-10-24-14-8-6-13(7-9-14)17-15(11-20)18(21)25-12(3)16(17)19(22)23-5-2/h4,6-9,17H,1,5,10,21H2,2-3H3/t17-/m0/s1. The van der Waals surface area contributed by atoms with Crippen molar-refractivity contribution in [2.75, 3.05) is 13.2 Å². The Labute approximate surface area is 146 Å². The van der Waals surface area contributed by atoms with Crippen molar-refractivity contribution in [2.24, 2.45) is 5.73 Å². The molecular formula is C19H20N2O4. The van der Waals surface area contributed by atoms with Gasteiger partial charge in [0.05, 0.1) is 18.1 Å². The predicted octanol–water partition coefficient (Wildman–Crippen LogP) is 2.90. The fourth-order valence-electron chi connectivity index (χ4n) is 2.60. The van der Waals surface area contributed by atoms with Crippen LogP contribution >= 0.6 is 0 Å². The Morgan fingerprint density at radius 2 is 2.12 bits per heavy atom. The molecule has 6 heteroatoms. The Morgan fingerprint density at radius 1 is 1.44 bits per heavy atom. The molecule has 0 amide bonds. The third-order valence-corrected chi connectivity index (χ3v) is 3.68. The van der Waals surface area contributed by atoms with E-state index in [0.717, 1.165) is 5.56 Å². The molecule has 6 nitrogen and oxygen atoms in total. The van der Waals surface area contributed by atoms with Crippen molar-refractivity contribution in [1.29, 1.82) is 5.26 Å². The van der Waals surface area contributed by atoms with Crippen LogP contribution in [0.5, 0.6) is 5.75 Å². The van der Waals surface area contributed by atoms with Gasteiger partial charge in [0.1, 0.15) is 29.8 Å². The maximum Gasteiger partial charge on any atom is 0.338 e. The number of nitrogens with two attached hydrogens (primary N) is 1. The zero-order valence-corrected chi connectivity index (χ0v) is 14.2. The average molecular weight is 340 g/mol. The molecule has 0 unspecified atom stereocenters. The van der Waals surface area contributed by atoms with Crippen molar-refractivity contribution in [1.82, 2.24) is 0 Å². The maximum absolute atomic E-state index is 12.4. The number of hydrogen-bond donors (Lipinski definition) is 1. The first-order valence-corrected chi connectivity index (χ1v) is 7.82. The van der Waals surface area contributed by atoms with Gasteiger partial charge in [-0.05, 0) is 31.5 Å². The van der Waals surface area contributed by atoms with Crippen molar-refractivity contribution < 1.29 is 19.0 Å². The molecule has 1 aliphatic heterocycles. The van der Waals surface area contributed by atoms with E-state index in [4.69, 9.17) is 19.9 Å². The molecule has 1 heterocycles. The van der Waals surface area contributed by atoms with Gasteiger partial charge in [0.25, 0.3) is 0 Å². The zero-order chi connectivity index (χ0) is 18.4. The normalized spacial score (nSPS) is 16.8. The lowest BCUT2D eigenvalue weighted by Gasteiger charge is -2.26. The van der Waals surface area contributed by atoms with E-state index >= 15 is 0 Å². The van der Waals surface area contributed by atoms with Crippen LogP contribution in [0.15, 0.2) is 59.7 Å². The van der Waals surface area contributed by atoms with Gasteiger partial charge in [0.15, 0.2) is 0 Å². The molecule has 1 aromatic carbocycles. The Hall–Kier alpha value is -3.20. The number of esters is 1. The number of benzene rings is 1. The molecule has 0 radical (unpaired) electrons. The molecule has 0 fully saturated rings. The minimum Gasteiger partial charge on any atom is -0.490 e. The van der Waals surface area contributed by atoms with Crippen LogP contribution < -0.4 is 10.5 Å². The van der Waals surface area contributed by atoms with Crippen LogP contribution in [0.1, 0.15) is 25.3 Å². The Kier molecular flexibility index (Phi) is 5.85. The second-order valence-electron chi connectivity index (χ2n) is 5.28. The summed E-state index contributed by atoms with van der Waals surface area (Å²) in [5, 5.41) is 9.50. The van der Waals surface area contributed by atoms with Gasteiger partial charge in [0, 0.05) is 0 Å². The third-order valence-electron chi connectivity index (χ3n) is 3.68. The highest BCUT2D eigenvalue weighted by molar-refractivity contribution is 5.92. The lowest BCUT2D eigenvalue weighted by molar-refractivity contribution is -0.139. The Morgan fingerprint density at radius 3 is 2.68 bits per heavy atom. The monoisotopic (exact) mass is 340 g/mol. The molecule has 1 aromatic rings. The minimum atomic E-state index is -0.647. The summed E-state index contributed by atoms with van der Waals surface area (Å²) in [5.41, 5.74) is 7.02. The van der Waals surface area contributed by atoms with Crippen molar-refractivity contribution in [3.05, 3.63) is 65.3 Å². The highest BCUT2D eigenvalue weighted by Gasteiger charge is 2.36. The van der Waals surface area contributed by atoms with Gasteiger partial charge in [-0.1, -0.05) is 24.8 Å². The number of carbonyl (C=O) groups is 1. The molecule has 0 saturated carbocycles. The summed E-state index contributed by atoms with van der Waals surface area (Å²) < 4.78 is 16.0. The van der Waals surface area contributed by atoms with Crippen LogP contribution in [-0.4, -0.2) is 19.2 Å². The van der Waals surface area contributed by atoms with Crippen molar-refractivity contribution in [3.8, 4) is 11.8 Å². The number of nitriles is 1. The molecule has 0 saturated heterocycles. The van der Waals surface area contributed by atoms with Gasteiger partial charge >= 0.3 is 5.97 Å². The van der Waals surface area contributed by atoms with Gasteiger partial charge in [-0.3, -0.25) is 0 Å². The number of rotatable bonds is 6. The fraction of sp³-hybridized carbons (Fsp3) is 0.263. The molecule has 130 valence electrons. The fourth-order valence-corrected chi connectivity index (χ4v) is 2.60. The molecule has 25 heavy (non-hydrogen) atoms. The maximum atomic E-state index is 12.4. The summed E-state index contributed by atoms with van der Waals surface area (Å²) in [6.07, 6.45) is 1.65. The first kappa shape index (κ1) is 18.1. The lowest BCUT2D eigenvalue weighted by atomic mass is 9.83. The van der Waals surface area contributed by atoms with E-state index in [0.29, 0.717) is 18.1 Å². The first-order valence-electron chi connectivity index (χ1n) is 7.82. The summed E-state index contributed by atoms with van der Waals surface area (Å²) >= 11 is 0. The molecule has 0 aliphatic carbocycles. The molecule has 0 spiro atoms. The number of allylic oxidation sites excluding steroid dienone is 2. The van der Waals surface area contributed by atoms with E-state index in [1.165, 1.54) is 0 Å². The summed E-state index contributed by atoms with van der Waals surface area (Å²) in [5.74, 6) is -0.204. The Balaban J connectivity index is 2.47. The molecule has 0 aromatic heterocycles. The van der Waals surface area contributed by atoms with Crippen LogP contribution in [0.3, 0.4) is 0 Å². The van der Waals surface area contributed by atoms with E-state index in [1.807, 2.05) is 6.07 Å². The zero-order valence-electron chi connectivity index (χ0n) is 14.2.